The van der Waals surface area contributed by atoms with Gasteiger partial charge in [0, 0.05) is 17.0 Å². The van der Waals surface area contributed by atoms with Gasteiger partial charge in [-0.25, -0.2) is 4.57 Å². The lowest BCUT2D eigenvalue weighted by Crippen LogP contribution is -2.50. The van der Waals surface area contributed by atoms with Crippen LogP contribution in [0.25, 0.3) is 44.1 Å². The standard InChI is InChI=1S/C27H22NO2Si/c1-15-22-20(14-17-10-12-29-25(15)17)30-26-23-16(9-11-28(2)24(22)23)13-19-18-7-5-6-8-21(18)31(3,4)27(19)26/h5-14H,1-4H3/q+1. The van der Waals surface area contributed by atoms with E-state index in [2.05, 4.69) is 80.3 Å². The number of fused-ring (bicyclic) bond motifs is 7. The molecule has 5 aromatic rings. The Labute approximate surface area is 181 Å². The van der Waals surface area contributed by atoms with Gasteiger partial charge in [-0.15, -0.1) is 0 Å². The molecule has 150 valence electrons. The molecule has 4 heterocycles. The molecular weight excluding hydrogens is 398 g/mol. The molecular formula is C27H22NO2Si+. The second-order valence-corrected chi connectivity index (χ2v) is 13.6. The minimum absolute atomic E-state index is 0.927. The molecule has 0 saturated heterocycles. The van der Waals surface area contributed by atoms with Gasteiger partial charge in [0.1, 0.15) is 32.2 Å². The molecule has 0 saturated carbocycles. The van der Waals surface area contributed by atoms with Crippen LogP contribution in [-0.2, 0) is 7.05 Å². The maximum atomic E-state index is 6.85. The van der Waals surface area contributed by atoms with Crippen LogP contribution in [0.15, 0.2) is 65.4 Å². The summed E-state index contributed by atoms with van der Waals surface area (Å²) in [6.45, 7) is 7.04. The maximum Gasteiger partial charge on any atom is 0.228 e. The van der Waals surface area contributed by atoms with Gasteiger partial charge in [0.25, 0.3) is 0 Å². The van der Waals surface area contributed by atoms with Crippen LogP contribution < -0.4 is 19.7 Å². The van der Waals surface area contributed by atoms with Gasteiger partial charge in [0.05, 0.1) is 17.2 Å². The fourth-order valence-corrected chi connectivity index (χ4v) is 9.16. The lowest BCUT2D eigenvalue weighted by Gasteiger charge is -2.27. The SMILES string of the molecule is Cc1c2c(cc3ccoc13)Oc1c3c(cc4cc[n+](C)c-2c14)-c1ccccc1[Si]3(C)C. The first kappa shape index (κ1) is 17.3. The predicted octanol–water partition coefficient (Wildman–Crippen LogP) is 5.29. The highest BCUT2D eigenvalue weighted by Crippen LogP contribution is 2.50. The van der Waals surface area contributed by atoms with E-state index in [-0.39, 0.29) is 0 Å². The van der Waals surface area contributed by atoms with Crippen molar-refractivity contribution in [1.29, 1.82) is 0 Å². The molecule has 7 rings (SSSR count). The summed E-state index contributed by atoms with van der Waals surface area (Å²) in [5, 5.41) is 6.45. The Morgan fingerprint density at radius 1 is 0.935 bits per heavy atom. The number of aryl methyl sites for hydroxylation is 2. The molecule has 2 aromatic heterocycles. The first-order valence-corrected chi connectivity index (χ1v) is 13.8. The van der Waals surface area contributed by atoms with Gasteiger partial charge in [0.15, 0.2) is 6.20 Å². The molecule has 0 fully saturated rings. The van der Waals surface area contributed by atoms with Gasteiger partial charge >= 0.3 is 0 Å². The van der Waals surface area contributed by atoms with E-state index in [0.29, 0.717) is 0 Å². The zero-order valence-corrected chi connectivity index (χ0v) is 19.0. The van der Waals surface area contributed by atoms with E-state index in [9.17, 15) is 0 Å². The summed E-state index contributed by atoms with van der Waals surface area (Å²) in [4.78, 5) is 0. The highest BCUT2D eigenvalue weighted by molar-refractivity contribution is 7.04. The van der Waals surface area contributed by atoms with Crippen molar-refractivity contribution in [3.05, 3.63) is 66.6 Å². The van der Waals surface area contributed by atoms with Crippen molar-refractivity contribution in [3.8, 4) is 33.9 Å². The third-order valence-electron chi connectivity index (χ3n) is 7.29. The minimum Gasteiger partial charge on any atom is -0.464 e. The second kappa shape index (κ2) is 5.45. The molecule has 0 atom stereocenters. The van der Waals surface area contributed by atoms with Crippen LogP contribution in [0.3, 0.4) is 0 Å². The molecule has 4 heteroatoms. The van der Waals surface area contributed by atoms with Gasteiger partial charge < -0.3 is 9.15 Å². The lowest BCUT2D eigenvalue weighted by molar-refractivity contribution is -0.659. The summed E-state index contributed by atoms with van der Waals surface area (Å²) in [5.74, 6) is 1.98. The number of nitrogens with zero attached hydrogens (tertiary/aromatic N) is 1. The number of hydrogen-bond acceptors (Lipinski definition) is 2. The van der Waals surface area contributed by atoms with Crippen LogP contribution in [0.5, 0.6) is 11.5 Å². The molecule has 2 aliphatic rings. The molecule has 2 aliphatic heterocycles. The molecule has 0 bridgehead atoms. The fraction of sp³-hybridized carbons (Fsp3) is 0.148. The monoisotopic (exact) mass is 420 g/mol. The number of benzene rings is 3. The van der Waals surface area contributed by atoms with E-state index in [0.717, 1.165) is 33.6 Å². The number of aromatic nitrogens is 1. The summed E-state index contributed by atoms with van der Waals surface area (Å²) in [7, 11) is 0.230. The summed E-state index contributed by atoms with van der Waals surface area (Å²) in [6, 6.07) is 17.7. The zero-order chi connectivity index (χ0) is 21.1. The van der Waals surface area contributed by atoms with Gasteiger partial charge in [-0.2, -0.15) is 0 Å². The average Bonchev–Trinajstić information content (AvgIpc) is 3.31. The van der Waals surface area contributed by atoms with Crippen LogP contribution in [0, 0.1) is 6.92 Å². The molecule has 31 heavy (non-hydrogen) atoms. The zero-order valence-electron chi connectivity index (χ0n) is 18.0. The third kappa shape index (κ3) is 1.97. The maximum absolute atomic E-state index is 6.85. The second-order valence-electron chi connectivity index (χ2n) is 9.35. The van der Waals surface area contributed by atoms with Crippen LogP contribution in [-0.4, -0.2) is 8.07 Å². The highest BCUT2D eigenvalue weighted by atomic mass is 28.3. The smallest absolute Gasteiger partial charge is 0.228 e. The van der Waals surface area contributed by atoms with E-state index in [4.69, 9.17) is 9.15 Å². The van der Waals surface area contributed by atoms with E-state index < -0.39 is 8.07 Å². The van der Waals surface area contributed by atoms with Crippen LogP contribution in [0.4, 0.5) is 0 Å². The van der Waals surface area contributed by atoms with E-state index in [1.165, 1.54) is 38.0 Å². The Morgan fingerprint density at radius 2 is 1.77 bits per heavy atom. The van der Waals surface area contributed by atoms with Crippen molar-refractivity contribution < 1.29 is 13.7 Å². The molecule has 0 amide bonds. The normalized spacial score (nSPS) is 15.0. The Morgan fingerprint density at radius 3 is 2.65 bits per heavy atom. The first-order valence-electron chi connectivity index (χ1n) is 10.8. The number of furan rings is 1. The highest BCUT2D eigenvalue weighted by Gasteiger charge is 2.43. The number of rotatable bonds is 0. The van der Waals surface area contributed by atoms with Crippen LogP contribution in [0.1, 0.15) is 5.56 Å². The van der Waals surface area contributed by atoms with Crippen LogP contribution >= 0.6 is 0 Å². The average molecular weight is 421 g/mol. The Hall–Kier alpha value is -3.37. The molecule has 0 spiro atoms. The quantitative estimate of drug-likeness (QED) is 0.246. The van der Waals surface area contributed by atoms with Crippen molar-refractivity contribution in [2.75, 3.05) is 0 Å². The summed E-state index contributed by atoms with van der Waals surface area (Å²) >= 11 is 0. The largest absolute Gasteiger partial charge is 0.464 e. The predicted molar refractivity (Wildman–Crippen MR) is 127 cm³/mol. The van der Waals surface area contributed by atoms with Crippen molar-refractivity contribution in [2.24, 2.45) is 7.05 Å². The van der Waals surface area contributed by atoms with E-state index in [1.807, 2.05) is 6.07 Å². The molecule has 3 aromatic carbocycles. The van der Waals surface area contributed by atoms with Crippen molar-refractivity contribution in [3.63, 3.8) is 0 Å². The van der Waals surface area contributed by atoms with Gasteiger partial charge in [-0.05, 0) is 52.0 Å². The number of ether oxygens (including phenoxy) is 1. The van der Waals surface area contributed by atoms with Crippen LogP contribution in [0.2, 0.25) is 13.1 Å². The van der Waals surface area contributed by atoms with Crippen molar-refractivity contribution in [2.45, 2.75) is 20.0 Å². The Kier molecular flexibility index (Phi) is 3.05. The van der Waals surface area contributed by atoms with Gasteiger partial charge in [-0.1, -0.05) is 37.4 Å². The van der Waals surface area contributed by atoms with E-state index in [1.54, 1.807) is 6.26 Å². The molecule has 0 unspecified atom stereocenters. The topological polar surface area (TPSA) is 26.2 Å². The number of hydrogen-bond donors (Lipinski definition) is 0. The van der Waals surface area contributed by atoms with Crippen molar-refractivity contribution in [1.82, 2.24) is 0 Å². The Bertz CT molecular complexity index is 1610. The summed E-state index contributed by atoms with van der Waals surface area (Å²) in [5.41, 5.74) is 7.14. The lowest BCUT2D eigenvalue weighted by atomic mass is 9.92. The van der Waals surface area contributed by atoms with Crippen molar-refractivity contribution >= 4 is 40.2 Å². The molecule has 0 aliphatic carbocycles. The van der Waals surface area contributed by atoms with Gasteiger partial charge in [-0.3, -0.25) is 0 Å². The third-order valence-corrected chi connectivity index (χ3v) is 10.8. The molecule has 0 N–H and O–H groups in total. The molecule has 0 radical (unpaired) electrons. The van der Waals surface area contributed by atoms with E-state index >= 15 is 0 Å². The van der Waals surface area contributed by atoms with Gasteiger partial charge in [0.2, 0.25) is 5.69 Å². The molecule has 3 nitrogen and oxygen atoms in total. The summed E-state index contributed by atoms with van der Waals surface area (Å²) < 4.78 is 14.9. The first-order chi connectivity index (χ1) is 15.0. The minimum atomic E-state index is -1.90. The summed E-state index contributed by atoms with van der Waals surface area (Å²) in [6.07, 6.45) is 3.93. The fourth-order valence-electron chi connectivity index (χ4n) is 5.87. The Balaban J connectivity index is 1.69. The number of pyridine rings is 1.